The van der Waals surface area contributed by atoms with Crippen molar-refractivity contribution in [3.63, 3.8) is 0 Å². The Morgan fingerprint density at radius 1 is 1.12 bits per heavy atom. The first-order valence-electron chi connectivity index (χ1n) is 10.4. The SMILES string of the molecule is CCCOc1c(Cl)cc(C(=O)NNC(=O)c2nn(C(C)C)c(=O)c3ccccc23)cc1OC. The van der Waals surface area contributed by atoms with E-state index < -0.39 is 11.8 Å². The summed E-state index contributed by atoms with van der Waals surface area (Å²) in [6.07, 6.45) is 0.778. The summed E-state index contributed by atoms with van der Waals surface area (Å²) in [5.74, 6) is -0.653. The first-order valence-corrected chi connectivity index (χ1v) is 10.8. The molecule has 10 heteroatoms. The van der Waals surface area contributed by atoms with E-state index in [4.69, 9.17) is 21.1 Å². The average molecular weight is 473 g/mol. The summed E-state index contributed by atoms with van der Waals surface area (Å²) in [6.45, 7) is 5.97. The summed E-state index contributed by atoms with van der Waals surface area (Å²) >= 11 is 6.26. The molecule has 0 saturated heterocycles. The summed E-state index contributed by atoms with van der Waals surface area (Å²) in [4.78, 5) is 38.2. The predicted molar refractivity (Wildman–Crippen MR) is 125 cm³/mol. The number of carbonyl (C=O) groups excluding carboxylic acids is 2. The lowest BCUT2D eigenvalue weighted by Crippen LogP contribution is -2.43. The number of nitrogens with zero attached hydrogens (tertiary/aromatic N) is 2. The molecule has 0 fully saturated rings. The summed E-state index contributed by atoms with van der Waals surface area (Å²) in [6, 6.07) is 9.30. The number of hydrogen-bond acceptors (Lipinski definition) is 6. The number of aromatic nitrogens is 2. The molecular weight excluding hydrogens is 448 g/mol. The van der Waals surface area contributed by atoms with Crippen LogP contribution in [0.4, 0.5) is 0 Å². The molecule has 0 aliphatic carbocycles. The molecular formula is C23H25ClN4O5. The van der Waals surface area contributed by atoms with E-state index in [1.54, 1.807) is 38.1 Å². The zero-order valence-corrected chi connectivity index (χ0v) is 19.5. The third kappa shape index (κ3) is 5.09. The molecule has 0 bridgehead atoms. The zero-order valence-electron chi connectivity index (χ0n) is 18.8. The molecule has 33 heavy (non-hydrogen) atoms. The van der Waals surface area contributed by atoms with Crippen LogP contribution in [0.5, 0.6) is 11.5 Å². The number of amides is 2. The minimum Gasteiger partial charge on any atom is -0.493 e. The van der Waals surface area contributed by atoms with Crippen molar-refractivity contribution in [2.24, 2.45) is 0 Å². The Bertz CT molecular complexity index is 1260. The van der Waals surface area contributed by atoms with Crippen molar-refractivity contribution in [2.45, 2.75) is 33.2 Å². The lowest BCUT2D eigenvalue weighted by Gasteiger charge is -2.15. The van der Waals surface area contributed by atoms with Crippen molar-refractivity contribution in [3.8, 4) is 11.5 Å². The van der Waals surface area contributed by atoms with Crippen LogP contribution >= 0.6 is 11.6 Å². The largest absolute Gasteiger partial charge is 0.493 e. The maximum Gasteiger partial charge on any atom is 0.290 e. The molecule has 0 unspecified atom stereocenters. The van der Waals surface area contributed by atoms with E-state index in [1.807, 2.05) is 6.92 Å². The third-order valence-corrected chi connectivity index (χ3v) is 5.05. The molecule has 9 nitrogen and oxygen atoms in total. The van der Waals surface area contributed by atoms with Crippen molar-refractivity contribution >= 4 is 34.2 Å². The molecule has 0 aliphatic heterocycles. The number of halogens is 1. The van der Waals surface area contributed by atoms with E-state index in [1.165, 1.54) is 23.9 Å². The Hall–Kier alpha value is -3.59. The van der Waals surface area contributed by atoms with E-state index >= 15 is 0 Å². The van der Waals surface area contributed by atoms with Crippen molar-refractivity contribution < 1.29 is 19.1 Å². The quantitative estimate of drug-likeness (QED) is 0.509. The number of carbonyl (C=O) groups is 2. The van der Waals surface area contributed by atoms with Gasteiger partial charge in [-0.05, 0) is 38.5 Å². The number of nitrogens with one attached hydrogen (secondary N) is 2. The van der Waals surface area contributed by atoms with Crippen LogP contribution in [0.15, 0.2) is 41.2 Å². The van der Waals surface area contributed by atoms with E-state index in [-0.39, 0.29) is 27.9 Å². The van der Waals surface area contributed by atoms with Gasteiger partial charge in [0, 0.05) is 10.9 Å². The summed E-state index contributed by atoms with van der Waals surface area (Å²) in [5.41, 5.74) is 4.57. The Morgan fingerprint density at radius 2 is 1.79 bits per heavy atom. The Labute approximate surface area is 195 Å². The lowest BCUT2D eigenvalue weighted by molar-refractivity contribution is 0.0843. The molecule has 0 saturated carbocycles. The summed E-state index contributed by atoms with van der Waals surface area (Å²) in [5, 5.41) is 5.16. The molecule has 0 spiro atoms. The fourth-order valence-corrected chi connectivity index (χ4v) is 3.43. The van der Waals surface area contributed by atoms with Crippen molar-refractivity contribution in [1.82, 2.24) is 20.6 Å². The van der Waals surface area contributed by atoms with Gasteiger partial charge in [-0.2, -0.15) is 5.10 Å². The highest BCUT2D eigenvalue weighted by molar-refractivity contribution is 6.32. The van der Waals surface area contributed by atoms with E-state index in [0.717, 1.165) is 6.42 Å². The van der Waals surface area contributed by atoms with Gasteiger partial charge in [0.05, 0.1) is 30.2 Å². The smallest absolute Gasteiger partial charge is 0.290 e. The highest BCUT2D eigenvalue weighted by Gasteiger charge is 2.20. The van der Waals surface area contributed by atoms with Gasteiger partial charge in [-0.15, -0.1) is 0 Å². The molecule has 3 aromatic rings. The van der Waals surface area contributed by atoms with Crippen molar-refractivity contribution in [1.29, 1.82) is 0 Å². The third-order valence-electron chi connectivity index (χ3n) is 4.76. The maximum absolute atomic E-state index is 12.9. The van der Waals surface area contributed by atoms with Crippen LogP contribution in [0.2, 0.25) is 5.02 Å². The van der Waals surface area contributed by atoms with Gasteiger partial charge in [0.15, 0.2) is 17.2 Å². The molecule has 3 rings (SSSR count). The highest BCUT2D eigenvalue weighted by Crippen LogP contribution is 2.36. The molecule has 1 aromatic heterocycles. The van der Waals surface area contributed by atoms with Gasteiger partial charge in [-0.3, -0.25) is 25.2 Å². The second-order valence-corrected chi connectivity index (χ2v) is 7.89. The van der Waals surface area contributed by atoms with Crippen LogP contribution < -0.4 is 25.9 Å². The monoisotopic (exact) mass is 472 g/mol. The number of hydrazine groups is 1. The fourth-order valence-electron chi connectivity index (χ4n) is 3.16. The van der Waals surface area contributed by atoms with Crippen molar-refractivity contribution in [3.05, 3.63) is 63.0 Å². The normalized spacial score (nSPS) is 10.8. The average Bonchev–Trinajstić information content (AvgIpc) is 2.81. The van der Waals surface area contributed by atoms with Crippen LogP contribution in [-0.4, -0.2) is 35.3 Å². The molecule has 0 atom stereocenters. The van der Waals surface area contributed by atoms with Gasteiger partial charge in [0.25, 0.3) is 17.4 Å². The first-order chi connectivity index (χ1) is 15.8. The number of methoxy groups -OCH3 is 1. The van der Waals surface area contributed by atoms with Crippen LogP contribution in [0, 0.1) is 0 Å². The van der Waals surface area contributed by atoms with Gasteiger partial charge >= 0.3 is 0 Å². The summed E-state index contributed by atoms with van der Waals surface area (Å²) < 4.78 is 12.1. The van der Waals surface area contributed by atoms with Gasteiger partial charge in [0.2, 0.25) is 0 Å². The molecule has 174 valence electrons. The van der Waals surface area contributed by atoms with Crippen LogP contribution in [0.1, 0.15) is 54.1 Å². The number of rotatable bonds is 7. The second-order valence-electron chi connectivity index (χ2n) is 7.48. The van der Waals surface area contributed by atoms with Gasteiger partial charge in [-0.1, -0.05) is 36.7 Å². The molecule has 0 aliphatic rings. The molecule has 1 heterocycles. The number of fused-ring (bicyclic) bond motifs is 1. The molecule has 2 N–H and O–H groups in total. The summed E-state index contributed by atoms with van der Waals surface area (Å²) in [7, 11) is 1.44. The number of hydrogen-bond donors (Lipinski definition) is 2. The Morgan fingerprint density at radius 3 is 2.42 bits per heavy atom. The van der Waals surface area contributed by atoms with E-state index in [2.05, 4.69) is 16.0 Å². The molecule has 2 amide bonds. The number of ether oxygens (including phenoxy) is 2. The highest BCUT2D eigenvalue weighted by atomic mass is 35.5. The minimum absolute atomic E-state index is 0.0122. The molecule has 0 radical (unpaired) electrons. The first kappa shape index (κ1) is 24.1. The van der Waals surface area contributed by atoms with Gasteiger partial charge in [-0.25, -0.2) is 4.68 Å². The second kappa shape index (κ2) is 10.4. The number of benzene rings is 2. The van der Waals surface area contributed by atoms with Gasteiger partial charge in [0.1, 0.15) is 0 Å². The Balaban J connectivity index is 1.85. The minimum atomic E-state index is -0.671. The maximum atomic E-state index is 12.9. The fraction of sp³-hybridized carbons (Fsp3) is 0.304. The van der Waals surface area contributed by atoms with Gasteiger partial charge < -0.3 is 9.47 Å². The Kier molecular flexibility index (Phi) is 7.55. The van der Waals surface area contributed by atoms with E-state index in [9.17, 15) is 14.4 Å². The van der Waals surface area contributed by atoms with E-state index in [0.29, 0.717) is 28.9 Å². The van der Waals surface area contributed by atoms with Crippen molar-refractivity contribution in [2.75, 3.05) is 13.7 Å². The standard InChI is InChI=1S/C23H25ClN4O5/c1-5-10-33-20-17(24)11-14(12-18(20)32-4)21(29)25-26-22(30)19-15-8-6-7-9-16(15)23(31)28(27-19)13(2)3/h6-9,11-13H,5,10H2,1-4H3,(H,25,29)(H,26,30). The molecule has 2 aromatic carbocycles. The zero-order chi connectivity index (χ0) is 24.1. The predicted octanol–water partition coefficient (Wildman–Crippen LogP) is 3.50. The lowest BCUT2D eigenvalue weighted by atomic mass is 10.1. The van der Waals surface area contributed by atoms with Crippen LogP contribution in [-0.2, 0) is 0 Å². The van der Waals surface area contributed by atoms with Crippen LogP contribution in [0.25, 0.3) is 10.8 Å². The topological polar surface area (TPSA) is 112 Å². The van der Waals surface area contributed by atoms with Crippen LogP contribution in [0.3, 0.4) is 0 Å².